The van der Waals surface area contributed by atoms with E-state index in [0.717, 1.165) is 16.7 Å². The molecular weight excluding hydrogens is 192 g/mol. The van der Waals surface area contributed by atoms with Crippen LogP contribution in [0.5, 0.6) is 0 Å². The van der Waals surface area contributed by atoms with E-state index < -0.39 is 0 Å². The number of hydrogen-bond donors (Lipinski definition) is 0. The van der Waals surface area contributed by atoms with Crippen LogP contribution in [0.2, 0.25) is 0 Å². The average molecular weight is 206 g/mol. The highest BCUT2D eigenvalue weighted by molar-refractivity contribution is 5.93. The van der Waals surface area contributed by atoms with Crippen molar-refractivity contribution in [3.8, 4) is 0 Å². The number of fused-ring (bicyclic) bond motifs is 1. The van der Waals surface area contributed by atoms with Crippen molar-refractivity contribution < 1.29 is 14.3 Å². The van der Waals surface area contributed by atoms with Crippen molar-refractivity contribution in [1.82, 2.24) is 0 Å². The molecular formula is C12H14O3. The molecule has 15 heavy (non-hydrogen) atoms. The minimum absolute atomic E-state index is 0.269. The average Bonchev–Trinajstić information content (AvgIpc) is 2.66. The van der Waals surface area contributed by atoms with Gasteiger partial charge in [0.2, 0.25) is 0 Å². The number of carbonyl (C=O) groups is 1. The molecule has 0 saturated carbocycles. The molecule has 0 aromatic heterocycles. The van der Waals surface area contributed by atoms with Gasteiger partial charge < -0.3 is 9.47 Å². The van der Waals surface area contributed by atoms with Crippen LogP contribution >= 0.6 is 0 Å². The molecule has 0 fully saturated rings. The van der Waals surface area contributed by atoms with Gasteiger partial charge in [-0.05, 0) is 36.1 Å². The monoisotopic (exact) mass is 206 g/mol. The Morgan fingerprint density at radius 3 is 2.60 bits per heavy atom. The Balaban J connectivity index is 2.64. The van der Waals surface area contributed by atoms with Crippen LogP contribution in [0.15, 0.2) is 6.07 Å². The molecule has 0 saturated heterocycles. The fourth-order valence-electron chi connectivity index (χ4n) is 2.11. The quantitative estimate of drug-likeness (QED) is 0.660. The number of benzene rings is 1. The van der Waals surface area contributed by atoms with Crippen molar-refractivity contribution in [1.29, 1.82) is 0 Å². The van der Waals surface area contributed by atoms with E-state index in [2.05, 4.69) is 0 Å². The molecule has 0 N–H and O–H groups in total. The lowest BCUT2D eigenvalue weighted by Crippen LogP contribution is -2.09. The predicted octanol–water partition coefficient (Wildman–Crippen LogP) is 2.12. The minimum atomic E-state index is -0.269. The molecule has 0 spiro atoms. The summed E-state index contributed by atoms with van der Waals surface area (Å²) in [7, 11) is 1.41. The van der Waals surface area contributed by atoms with E-state index in [9.17, 15) is 4.79 Å². The summed E-state index contributed by atoms with van der Waals surface area (Å²) in [6, 6.07) is 2.01. The number of ether oxygens (including phenoxy) is 2. The van der Waals surface area contributed by atoms with Crippen LogP contribution in [0.25, 0.3) is 0 Å². The van der Waals surface area contributed by atoms with Gasteiger partial charge in [-0.15, -0.1) is 0 Å². The summed E-state index contributed by atoms with van der Waals surface area (Å²) in [5.74, 6) is -0.269. The van der Waals surface area contributed by atoms with Gasteiger partial charge in [-0.25, -0.2) is 4.79 Å². The van der Waals surface area contributed by atoms with Crippen molar-refractivity contribution in [3.05, 3.63) is 33.9 Å². The zero-order valence-corrected chi connectivity index (χ0v) is 9.22. The number of esters is 1. The van der Waals surface area contributed by atoms with E-state index in [-0.39, 0.29) is 5.97 Å². The van der Waals surface area contributed by atoms with Gasteiger partial charge in [0.05, 0.1) is 25.9 Å². The lowest BCUT2D eigenvalue weighted by Gasteiger charge is -2.11. The Bertz CT molecular complexity index is 421. The summed E-state index contributed by atoms with van der Waals surface area (Å²) in [5.41, 5.74) is 4.97. The Morgan fingerprint density at radius 2 is 1.93 bits per heavy atom. The summed E-state index contributed by atoms with van der Waals surface area (Å²) >= 11 is 0. The summed E-state index contributed by atoms with van der Waals surface area (Å²) in [4.78, 5) is 11.6. The third-order valence-electron chi connectivity index (χ3n) is 2.85. The van der Waals surface area contributed by atoms with Crippen LogP contribution < -0.4 is 0 Å². The zero-order valence-electron chi connectivity index (χ0n) is 9.22. The smallest absolute Gasteiger partial charge is 0.338 e. The van der Waals surface area contributed by atoms with Crippen molar-refractivity contribution in [3.63, 3.8) is 0 Å². The first-order valence-corrected chi connectivity index (χ1v) is 4.93. The van der Waals surface area contributed by atoms with Gasteiger partial charge in [-0.3, -0.25) is 0 Å². The second-order valence-corrected chi connectivity index (χ2v) is 3.83. The molecule has 0 amide bonds. The fraction of sp³-hybridized carbons (Fsp3) is 0.417. The molecule has 2 rings (SSSR count). The molecule has 80 valence electrons. The summed E-state index contributed by atoms with van der Waals surface area (Å²) in [5, 5.41) is 0. The highest BCUT2D eigenvalue weighted by Crippen LogP contribution is 2.29. The minimum Gasteiger partial charge on any atom is -0.465 e. The third-order valence-corrected chi connectivity index (χ3v) is 2.85. The molecule has 1 aromatic carbocycles. The molecule has 1 aliphatic rings. The Morgan fingerprint density at radius 1 is 1.27 bits per heavy atom. The second-order valence-electron chi connectivity index (χ2n) is 3.83. The van der Waals surface area contributed by atoms with Crippen molar-refractivity contribution >= 4 is 5.97 Å². The maximum absolute atomic E-state index is 11.6. The summed E-state index contributed by atoms with van der Waals surface area (Å²) < 4.78 is 10.2. The van der Waals surface area contributed by atoms with Gasteiger partial charge in [0, 0.05) is 0 Å². The Hall–Kier alpha value is -1.35. The molecule has 0 bridgehead atoms. The van der Waals surface area contributed by atoms with E-state index in [4.69, 9.17) is 9.47 Å². The van der Waals surface area contributed by atoms with Crippen molar-refractivity contribution in [2.45, 2.75) is 27.1 Å². The van der Waals surface area contributed by atoms with Crippen LogP contribution in [-0.4, -0.2) is 13.1 Å². The van der Waals surface area contributed by atoms with E-state index in [0.29, 0.717) is 18.8 Å². The third kappa shape index (κ3) is 1.53. The van der Waals surface area contributed by atoms with E-state index in [1.165, 1.54) is 12.7 Å². The summed E-state index contributed by atoms with van der Waals surface area (Å²) in [6.45, 7) is 5.09. The topological polar surface area (TPSA) is 35.5 Å². The first kappa shape index (κ1) is 10.2. The van der Waals surface area contributed by atoms with Gasteiger partial charge in [-0.1, -0.05) is 6.07 Å². The van der Waals surface area contributed by atoms with Crippen LogP contribution in [0.4, 0.5) is 0 Å². The lowest BCUT2D eigenvalue weighted by molar-refractivity contribution is 0.0595. The standard InChI is InChI=1S/C12H14O3/c1-7-4-8(2)11(12(13)14-3)10-6-15-5-9(7)10/h4H,5-6H2,1-3H3. The molecule has 1 aliphatic heterocycles. The Kier molecular flexibility index (Phi) is 2.49. The highest BCUT2D eigenvalue weighted by Gasteiger charge is 2.23. The Labute approximate surface area is 89.0 Å². The molecule has 0 aliphatic carbocycles. The van der Waals surface area contributed by atoms with E-state index >= 15 is 0 Å². The normalized spacial score (nSPS) is 13.8. The maximum Gasteiger partial charge on any atom is 0.338 e. The van der Waals surface area contributed by atoms with Gasteiger partial charge in [0.25, 0.3) is 0 Å². The molecule has 1 aromatic rings. The number of aryl methyl sites for hydroxylation is 2. The largest absolute Gasteiger partial charge is 0.465 e. The van der Waals surface area contributed by atoms with Crippen molar-refractivity contribution in [2.75, 3.05) is 7.11 Å². The number of rotatable bonds is 1. The predicted molar refractivity (Wildman–Crippen MR) is 55.7 cm³/mol. The van der Waals surface area contributed by atoms with Gasteiger partial charge in [0.15, 0.2) is 0 Å². The molecule has 0 radical (unpaired) electrons. The number of hydrogen-bond acceptors (Lipinski definition) is 3. The van der Waals surface area contributed by atoms with Crippen LogP contribution in [0, 0.1) is 13.8 Å². The van der Waals surface area contributed by atoms with Gasteiger partial charge in [-0.2, -0.15) is 0 Å². The fourth-order valence-corrected chi connectivity index (χ4v) is 2.11. The van der Waals surface area contributed by atoms with Gasteiger partial charge in [0.1, 0.15) is 0 Å². The summed E-state index contributed by atoms with van der Waals surface area (Å²) in [6.07, 6.45) is 0. The second kappa shape index (κ2) is 3.66. The molecule has 0 unspecified atom stereocenters. The molecule has 3 nitrogen and oxygen atoms in total. The van der Waals surface area contributed by atoms with Crippen LogP contribution in [0.1, 0.15) is 32.6 Å². The first-order valence-electron chi connectivity index (χ1n) is 4.93. The molecule has 3 heteroatoms. The van der Waals surface area contributed by atoms with Crippen LogP contribution in [-0.2, 0) is 22.7 Å². The first-order chi connectivity index (χ1) is 7.15. The lowest BCUT2D eigenvalue weighted by atomic mass is 9.94. The SMILES string of the molecule is COC(=O)c1c(C)cc(C)c2c1COC2. The van der Waals surface area contributed by atoms with Crippen molar-refractivity contribution in [2.24, 2.45) is 0 Å². The number of carbonyl (C=O) groups excluding carboxylic acids is 1. The van der Waals surface area contributed by atoms with Crippen LogP contribution in [0.3, 0.4) is 0 Å². The number of methoxy groups -OCH3 is 1. The highest BCUT2D eigenvalue weighted by atomic mass is 16.5. The van der Waals surface area contributed by atoms with E-state index in [1.54, 1.807) is 0 Å². The maximum atomic E-state index is 11.6. The molecule has 0 atom stereocenters. The molecule has 1 heterocycles. The van der Waals surface area contributed by atoms with E-state index in [1.807, 2.05) is 19.9 Å². The van der Waals surface area contributed by atoms with Gasteiger partial charge >= 0.3 is 5.97 Å². The zero-order chi connectivity index (χ0) is 11.0.